The molecule has 2 aromatic rings. The normalized spacial score (nSPS) is 26.5. The zero-order valence-corrected chi connectivity index (χ0v) is 18.5. The van der Waals surface area contributed by atoms with Crippen molar-refractivity contribution in [3.63, 3.8) is 0 Å². The molecule has 0 aliphatic carbocycles. The smallest absolute Gasteiger partial charge is 0.256 e. The van der Waals surface area contributed by atoms with E-state index in [0.29, 0.717) is 6.07 Å². The van der Waals surface area contributed by atoms with E-state index < -0.39 is 50.2 Å². The number of hydrogen-bond donors (Lipinski definition) is 1. The van der Waals surface area contributed by atoms with Crippen molar-refractivity contribution in [2.75, 3.05) is 27.4 Å². The summed E-state index contributed by atoms with van der Waals surface area (Å²) in [7, 11) is -1.34. The minimum Gasteiger partial charge on any atom is -0.436 e. The Morgan fingerprint density at radius 1 is 1.27 bits per heavy atom. The van der Waals surface area contributed by atoms with E-state index in [1.54, 1.807) is 0 Å². The number of hydrogen-bond acceptors (Lipinski definition) is 8. The van der Waals surface area contributed by atoms with Crippen LogP contribution >= 0.6 is 0 Å². The molecule has 1 aromatic carbocycles. The third-order valence-electron chi connectivity index (χ3n) is 5.67. The molecule has 4 rings (SSSR count). The van der Waals surface area contributed by atoms with Crippen LogP contribution in [0.4, 0.5) is 13.2 Å². The molecule has 1 saturated heterocycles. The average Bonchev–Trinajstić information content (AvgIpc) is 2.76. The number of aromatic nitrogens is 1. The Bertz CT molecular complexity index is 1210. The number of pyridine rings is 1. The van der Waals surface area contributed by atoms with E-state index in [1.165, 1.54) is 26.3 Å². The third-order valence-corrected chi connectivity index (χ3v) is 7.92. The first kappa shape index (κ1) is 23.3. The van der Waals surface area contributed by atoms with Gasteiger partial charge in [0.2, 0.25) is 16.0 Å². The van der Waals surface area contributed by atoms with Crippen LogP contribution < -0.4 is 10.5 Å². The Morgan fingerprint density at radius 3 is 2.73 bits per heavy atom. The molecule has 3 atom stereocenters. The van der Waals surface area contributed by atoms with Crippen LogP contribution in [-0.4, -0.2) is 62.4 Å². The fourth-order valence-corrected chi connectivity index (χ4v) is 5.89. The lowest BCUT2D eigenvalue weighted by molar-refractivity contribution is -0.0611. The first-order valence-electron chi connectivity index (χ1n) is 9.81. The number of nitrogens with zero attached hydrogens (tertiary/aromatic N) is 3. The summed E-state index contributed by atoms with van der Waals surface area (Å²) < 4.78 is 85.9. The van der Waals surface area contributed by atoms with Crippen LogP contribution in [0.3, 0.4) is 0 Å². The number of sulfonamides is 1. The number of benzene rings is 1. The number of fused-ring (bicyclic) bond motifs is 1. The van der Waals surface area contributed by atoms with Crippen molar-refractivity contribution < 1.29 is 35.8 Å². The van der Waals surface area contributed by atoms with Crippen LogP contribution in [0.5, 0.6) is 11.6 Å². The van der Waals surface area contributed by atoms with E-state index in [4.69, 9.17) is 19.9 Å². The monoisotopic (exact) mass is 486 g/mol. The molecule has 3 heterocycles. The topological polar surface area (TPSA) is 116 Å². The Labute approximate surface area is 188 Å². The molecule has 13 heteroatoms. The Hall–Kier alpha value is -2.90. The first-order chi connectivity index (χ1) is 15.6. The zero-order chi connectivity index (χ0) is 24.0. The molecule has 2 N–H and O–H groups in total. The summed E-state index contributed by atoms with van der Waals surface area (Å²) >= 11 is 0. The number of guanidine groups is 1. The molecule has 0 radical (unpaired) electrons. The van der Waals surface area contributed by atoms with E-state index in [1.807, 2.05) is 0 Å². The molecule has 33 heavy (non-hydrogen) atoms. The summed E-state index contributed by atoms with van der Waals surface area (Å²) in [5.41, 5.74) is 4.00. The second-order valence-corrected chi connectivity index (χ2v) is 9.85. The van der Waals surface area contributed by atoms with Gasteiger partial charge in [0.1, 0.15) is 28.2 Å². The highest BCUT2D eigenvalue weighted by molar-refractivity contribution is 7.90. The van der Waals surface area contributed by atoms with Gasteiger partial charge in [0.15, 0.2) is 5.82 Å². The standard InChI is InChI=1S/C20H21F3N4O5S/c1-27-19(24)26-20(10-31-13(9-30-2)7-17(20)33(27,28)29)14-6-12(3-4-15(14)22)32-18-16(23)5-11(21)8-25-18/h3-6,8,13,17H,7,9-10H2,1-2H3,(H2,24,26)/t13-,17-,20-/m1/s1. The molecule has 2 aliphatic rings. The number of methoxy groups -OCH3 is 1. The second-order valence-electron chi connectivity index (χ2n) is 7.70. The fraction of sp³-hybridized carbons (Fsp3) is 0.400. The van der Waals surface area contributed by atoms with Gasteiger partial charge in [0, 0.05) is 25.8 Å². The van der Waals surface area contributed by atoms with Gasteiger partial charge >= 0.3 is 0 Å². The number of ether oxygens (including phenoxy) is 3. The molecule has 0 saturated carbocycles. The van der Waals surface area contributed by atoms with Gasteiger partial charge in [-0.3, -0.25) is 0 Å². The van der Waals surface area contributed by atoms with Gasteiger partial charge in [-0.2, -0.15) is 0 Å². The van der Waals surface area contributed by atoms with Gasteiger partial charge in [-0.1, -0.05) is 0 Å². The highest BCUT2D eigenvalue weighted by Gasteiger charge is 2.57. The van der Waals surface area contributed by atoms with Gasteiger partial charge < -0.3 is 19.9 Å². The molecule has 0 amide bonds. The lowest BCUT2D eigenvalue weighted by Gasteiger charge is -2.47. The number of nitrogens with two attached hydrogens (primary N) is 1. The molecular weight excluding hydrogens is 465 g/mol. The first-order valence-corrected chi connectivity index (χ1v) is 11.3. The highest BCUT2D eigenvalue weighted by Crippen LogP contribution is 2.45. The second kappa shape index (κ2) is 8.47. The molecule has 178 valence electrons. The molecule has 0 bridgehead atoms. The molecular formula is C20H21F3N4O5S. The SMILES string of the molecule is COC[C@H]1C[C@@H]2[C@](c3cc(Oc4ncc(F)cc4F)ccc3F)(CO1)N=C(N)N(C)S2(=O)=O. The zero-order valence-electron chi connectivity index (χ0n) is 17.7. The van der Waals surface area contributed by atoms with Crippen molar-refractivity contribution in [3.05, 3.63) is 53.5 Å². The molecule has 1 fully saturated rings. The summed E-state index contributed by atoms with van der Waals surface area (Å²) in [6, 6.07) is 3.99. The maximum atomic E-state index is 15.1. The van der Waals surface area contributed by atoms with Crippen LogP contribution in [0.2, 0.25) is 0 Å². The lowest BCUT2D eigenvalue weighted by atomic mass is 9.82. The van der Waals surface area contributed by atoms with Gasteiger partial charge in [-0.05, 0) is 24.6 Å². The van der Waals surface area contributed by atoms with E-state index in [0.717, 1.165) is 16.6 Å². The van der Waals surface area contributed by atoms with Crippen molar-refractivity contribution in [1.29, 1.82) is 0 Å². The summed E-state index contributed by atoms with van der Waals surface area (Å²) in [5, 5.41) is -1.22. The van der Waals surface area contributed by atoms with E-state index in [-0.39, 0.29) is 36.9 Å². The quantitative estimate of drug-likeness (QED) is 0.686. The fourth-order valence-electron chi connectivity index (χ4n) is 4.01. The van der Waals surface area contributed by atoms with Crippen molar-refractivity contribution in [1.82, 2.24) is 9.29 Å². The van der Waals surface area contributed by atoms with Crippen LogP contribution in [0.25, 0.3) is 0 Å². The predicted molar refractivity (Wildman–Crippen MR) is 111 cm³/mol. The van der Waals surface area contributed by atoms with E-state index in [2.05, 4.69) is 9.98 Å². The maximum absolute atomic E-state index is 15.1. The number of aliphatic imine (C=N–C) groups is 1. The van der Waals surface area contributed by atoms with Gasteiger partial charge in [-0.15, -0.1) is 0 Å². The van der Waals surface area contributed by atoms with Crippen LogP contribution in [0.1, 0.15) is 12.0 Å². The Kier molecular flexibility index (Phi) is 5.97. The van der Waals surface area contributed by atoms with Gasteiger partial charge in [0.25, 0.3) is 5.88 Å². The molecule has 0 spiro atoms. The summed E-state index contributed by atoms with van der Waals surface area (Å²) in [6.45, 7) is -0.171. The van der Waals surface area contributed by atoms with Gasteiger partial charge in [-0.25, -0.2) is 35.9 Å². The minimum atomic E-state index is -4.05. The largest absolute Gasteiger partial charge is 0.436 e. The van der Waals surface area contributed by atoms with Crippen molar-refractivity contribution in [3.8, 4) is 11.6 Å². The Morgan fingerprint density at radius 2 is 2.03 bits per heavy atom. The number of rotatable bonds is 5. The average molecular weight is 486 g/mol. The summed E-state index contributed by atoms with van der Waals surface area (Å²) in [5.74, 6) is -3.69. The van der Waals surface area contributed by atoms with E-state index in [9.17, 15) is 17.2 Å². The van der Waals surface area contributed by atoms with Crippen LogP contribution in [0.15, 0.2) is 35.5 Å². The maximum Gasteiger partial charge on any atom is 0.256 e. The molecule has 9 nitrogen and oxygen atoms in total. The Balaban J connectivity index is 1.82. The van der Waals surface area contributed by atoms with Crippen molar-refractivity contribution >= 4 is 16.0 Å². The lowest BCUT2D eigenvalue weighted by Crippen LogP contribution is -2.62. The predicted octanol–water partition coefficient (Wildman–Crippen LogP) is 1.88. The molecule has 1 aromatic heterocycles. The molecule has 0 unspecified atom stereocenters. The van der Waals surface area contributed by atoms with Crippen molar-refractivity contribution in [2.24, 2.45) is 10.7 Å². The van der Waals surface area contributed by atoms with Crippen molar-refractivity contribution in [2.45, 2.75) is 23.3 Å². The molecule has 2 aliphatic heterocycles. The number of halogens is 3. The van der Waals surface area contributed by atoms with E-state index >= 15 is 4.39 Å². The minimum absolute atomic E-state index is 0.0318. The summed E-state index contributed by atoms with van der Waals surface area (Å²) in [6.07, 6.45) is 0.165. The van der Waals surface area contributed by atoms with Gasteiger partial charge in [0.05, 0.1) is 25.5 Å². The highest BCUT2D eigenvalue weighted by atomic mass is 32.2. The van der Waals surface area contributed by atoms with Crippen LogP contribution in [-0.2, 0) is 25.0 Å². The third kappa shape index (κ3) is 4.00. The van der Waals surface area contributed by atoms with Crippen LogP contribution in [0, 0.1) is 17.5 Å². The summed E-state index contributed by atoms with van der Waals surface area (Å²) in [4.78, 5) is 7.89.